The molecule has 2 aromatic rings. The molecule has 0 unspecified atom stereocenters. The second-order valence-corrected chi connectivity index (χ2v) is 5.99. The predicted molar refractivity (Wildman–Crippen MR) is 104 cm³/mol. The van der Waals surface area contributed by atoms with Crippen molar-refractivity contribution in [3.8, 4) is 11.5 Å². The van der Waals surface area contributed by atoms with Gasteiger partial charge in [-0.2, -0.15) is 0 Å². The molecule has 6 heteroatoms. The van der Waals surface area contributed by atoms with Crippen LogP contribution >= 0.6 is 0 Å². The second-order valence-electron chi connectivity index (χ2n) is 5.99. The van der Waals surface area contributed by atoms with Crippen LogP contribution in [-0.4, -0.2) is 43.5 Å². The molecule has 0 saturated heterocycles. The highest BCUT2D eigenvalue weighted by Gasteiger charge is 2.28. The first-order chi connectivity index (χ1) is 13.1. The molecular formula is C21H26N2O4. The number of rotatable bonds is 9. The average Bonchev–Trinajstić information content (AvgIpc) is 2.72. The fraction of sp³-hybridized carbons (Fsp3) is 0.333. The molecule has 27 heavy (non-hydrogen) atoms. The topological polar surface area (TPSA) is 67.9 Å². The van der Waals surface area contributed by atoms with Gasteiger partial charge in [0, 0.05) is 13.6 Å². The van der Waals surface area contributed by atoms with Crippen LogP contribution in [0.25, 0.3) is 0 Å². The molecule has 2 amide bonds. The van der Waals surface area contributed by atoms with Crippen LogP contribution in [0.15, 0.2) is 54.6 Å². The van der Waals surface area contributed by atoms with Crippen LogP contribution in [0.2, 0.25) is 0 Å². The fourth-order valence-corrected chi connectivity index (χ4v) is 2.83. The van der Waals surface area contributed by atoms with E-state index in [2.05, 4.69) is 5.32 Å². The van der Waals surface area contributed by atoms with E-state index in [1.165, 1.54) is 0 Å². The molecule has 0 aliphatic rings. The van der Waals surface area contributed by atoms with Gasteiger partial charge in [-0.25, -0.2) is 0 Å². The van der Waals surface area contributed by atoms with Gasteiger partial charge in [-0.15, -0.1) is 0 Å². The number of carbonyl (C=O) groups is 2. The average molecular weight is 370 g/mol. The first-order valence-electron chi connectivity index (χ1n) is 8.91. The highest BCUT2D eigenvalue weighted by Crippen LogP contribution is 2.26. The van der Waals surface area contributed by atoms with E-state index in [1.807, 2.05) is 49.4 Å². The first-order valence-corrected chi connectivity index (χ1v) is 8.91. The van der Waals surface area contributed by atoms with Gasteiger partial charge in [-0.3, -0.25) is 9.59 Å². The van der Waals surface area contributed by atoms with Gasteiger partial charge in [-0.1, -0.05) is 49.4 Å². The molecule has 0 aliphatic carbocycles. The summed E-state index contributed by atoms with van der Waals surface area (Å²) in [4.78, 5) is 26.8. The summed E-state index contributed by atoms with van der Waals surface area (Å²) in [6.07, 6.45) is 0.507. The van der Waals surface area contributed by atoms with Gasteiger partial charge < -0.3 is 19.7 Å². The molecule has 2 aromatic carbocycles. The lowest BCUT2D eigenvalue weighted by atomic mass is 10.1. The summed E-state index contributed by atoms with van der Waals surface area (Å²) < 4.78 is 10.9. The quantitative estimate of drug-likeness (QED) is 0.737. The minimum absolute atomic E-state index is 0.180. The molecule has 1 atom stereocenters. The Morgan fingerprint density at radius 2 is 1.67 bits per heavy atom. The number of benzene rings is 2. The molecular weight excluding hydrogens is 344 g/mol. The number of carbonyl (C=O) groups excluding carboxylic acids is 2. The Morgan fingerprint density at radius 1 is 1.04 bits per heavy atom. The van der Waals surface area contributed by atoms with Crippen molar-refractivity contribution in [3.05, 3.63) is 60.2 Å². The number of nitrogens with one attached hydrogen (secondary N) is 1. The van der Waals surface area contributed by atoms with Crippen molar-refractivity contribution < 1.29 is 19.1 Å². The molecule has 1 N–H and O–H groups in total. The summed E-state index contributed by atoms with van der Waals surface area (Å²) in [7, 11) is 3.12. The van der Waals surface area contributed by atoms with Gasteiger partial charge in [0.15, 0.2) is 18.1 Å². The number of hydrogen-bond donors (Lipinski definition) is 1. The second kappa shape index (κ2) is 10.2. The van der Waals surface area contributed by atoms with Crippen LogP contribution in [0.5, 0.6) is 11.5 Å². The molecule has 0 aromatic heterocycles. The largest absolute Gasteiger partial charge is 0.493 e. The van der Waals surface area contributed by atoms with Gasteiger partial charge in [-0.05, 0) is 24.1 Å². The molecule has 0 heterocycles. The van der Waals surface area contributed by atoms with Crippen LogP contribution in [-0.2, 0) is 16.1 Å². The van der Waals surface area contributed by atoms with Crippen molar-refractivity contribution in [2.24, 2.45) is 0 Å². The van der Waals surface area contributed by atoms with Gasteiger partial charge in [0.2, 0.25) is 5.91 Å². The van der Waals surface area contributed by atoms with E-state index in [4.69, 9.17) is 9.47 Å². The van der Waals surface area contributed by atoms with Crippen molar-refractivity contribution in [2.75, 3.05) is 20.8 Å². The maximum Gasteiger partial charge on any atom is 0.261 e. The third-order valence-corrected chi connectivity index (χ3v) is 4.25. The third-order valence-electron chi connectivity index (χ3n) is 4.25. The summed E-state index contributed by atoms with van der Waals surface area (Å²) in [6, 6.07) is 16.2. The van der Waals surface area contributed by atoms with E-state index in [1.54, 1.807) is 31.2 Å². The first kappa shape index (κ1) is 20.3. The van der Waals surface area contributed by atoms with Gasteiger partial charge in [0.05, 0.1) is 7.11 Å². The van der Waals surface area contributed by atoms with E-state index < -0.39 is 6.04 Å². The number of ether oxygens (including phenoxy) is 2. The summed E-state index contributed by atoms with van der Waals surface area (Å²) in [6.45, 7) is 2.04. The molecule has 0 saturated carbocycles. The number of para-hydroxylation sites is 2. The number of nitrogens with zero attached hydrogens (tertiary/aromatic N) is 1. The lowest BCUT2D eigenvalue weighted by Gasteiger charge is -2.30. The number of methoxy groups -OCH3 is 1. The Kier molecular flexibility index (Phi) is 7.67. The van der Waals surface area contributed by atoms with Gasteiger partial charge >= 0.3 is 0 Å². The molecule has 144 valence electrons. The predicted octanol–water partition coefficient (Wildman–Crippen LogP) is 2.63. The van der Waals surface area contributed by atoms with Crippen molar-refractivity contribution >= 4 is 11.8 Å². The summed E-state index contributed by atoms with van der Waals surface area (Å²) >= 11 is 0. The van der Waals surface area contributed by atoms with E-state index in [0.29, 0.717) is 24.5 Å². The Bertz CT molecular complexity index is 749. The monoisotopic (exact) mass is 370 g/mol. The Morgan fingerprint density at radius 3 is 2.26 bits per heavy atom. The summed E-state index contributed by atoms with van der Waals surface area (Å²) in [5.41, 5.74) is 0.950. The van der Waals surface area contributed by atoms with Crippen LogP contribution in [0.3, 0.4) is 0 Å². The number of likely N-dealkylation sites (N-methyl/N-ethyl adjacent to an activating group) is 1. The fourth-order valence-electron chi connectivity index (χ4n) is 2.83. The minimum Gasteiger partial charge on any atom is -0.493 e. The van der Waals surface area contributed by atoms with Crippen LogP contribution in [0.1, 0.15) is 18.9 Å². The Labute approximate surface area is 160 Å². The smallest absolute Gasteiger partial charge is 0.261 e. The molecule has 0 bridgehead atoms. The minimum atomic E-state index is -0.566. The van der Waals surface area contributed by atoms with E-state index in [9.17, 15) is 9.59 Å². The van der Waals surface area contributed by atoms with Crippen molar-refractivity contribution in [3.63, 3.8) is 0 Å². The van der Waals surface area contributed by atoms with E-state index in [-0.39, 0.29) is 18.4 Å². The zero-order valence-corrected chi connectivity index (χ0v) is 16.0. The maximum atomic E-state index is 12.9. The molecule has 2 rings (SSSR count). The molecule has 0 fully saturated rings. The van der Waals surface area contributed by atoms with Crippen LogP contribution in [0.4, 0.5) is 0 Å². The molecule has 0 aliphatic heterocycles. The maximum absolute atomic E-state index is 12.9. The molecule has 0 radical (unpaired) electrons. The van der Waals surface area contributed by atoms with Crippen molar-refractivity contribution in [1.82, 2.24) is 10.2 Å². The Balaban J connectivity index is 2.18. The summed E-state index contributed by atoms with van der Waals surface area (Å²) in [5.74, 6) is 0.582. The van der Waals surface area contributed by atoms with Crippen LogP contribution in [0, 0.1) is 0 Å². The summed E-state index contributed by atoms with van der Waals surface area (Å²) in [5, 5.41) is 2.64. The van der Waals surface area contributed by atoms with E-state index >= 15 is 0 Å². The molecule has 6 nitrogen and oxygen atoms in total. The normalized spacial score (nSPS) is 11.4. The van der Waals surface area contributed by atoms with Crippen molar-refractivity contribution in [2.45, 2.75) is 25.9 Å². The lowest BCUT2D eigenvalue weighted by molar-refractivity contribution is -0.142. The zero-order chi connectivity index (χ0) is 19.6. The van der Waals surface area contributed by atoms with Gasteiger partial charge in [0.25, 0.3) is 5.91 Å². The third kappa shape index (κ3) is 5.48. The highest BCUT2D eigenvalue weighted by atomic mass is 16.5. The molecule has 0 spiro atoms. The number of amides is 2. The van der Waals surface area contributed by atoms with E-state index in [0.717, 1.165) is 5.56 Å². The van der Waals surface area contributed by atoms with Crippen LogP contribution < -0.4 is 14.8 Å². The zero-order valence-electron chi connectivity index (χ0n) is 16.0. The van der Waals surface area contributed by atoms with Crippen molar-refractivity contribution in [1.29, 1.82) is 0 Å². The Hall–Kier alpha value is -3.02. The SMILES string of the molecule is CC[C@H](C(=O)NC)N(Cc1ccccc1)C(=O)COc1ccccc1OC. The standard InChI is InChI=1S/C21H26N2O4/c1-4-17(21(25)22-2)23(14-16-10-6-5-7-11-16)20(24)15-27-19-13-9-8-12-18(19)26-3/h5-13,17H,4,14-15H2,1-3H3,(H,22,25)/t17-/m1/s1. The van der Waals surface area contributed by atoms with Gasteiger partial charge in [0.1, 0.15) is 6.04 Å². The number of hydrogen-bond acceptors (Lipinski definition) is 4. The lowest BCUT2D eigenvalue weighted by Crippen LogP contribution is -2.49. The highest BCUT2D eigenvalue weighted by molar-refractivity contribution is 5.88.